The summed E-state index contributed by atoms with van der Waals surface area (Å²) in [6.45, 7) is 1.96. The first kappa shape index (κ1) is 14.1. The first-order valence-corrected chi connectivity index (χ1v) is 7.29. The van der Waals surface area contributed by atoms with Crippen LogP contribution in [0.25, 0.3) is 0 Å². The Morgan fingerprint density at radius 1 is 1.19 bits per heavy atom. The van der Waals surface area contributed by atoms with Crippen LogP contribution in [-0.2, 0) is 11.2 Å². The van der Waals surface area contributed by atoms with Gasteiger partial charge in [0.2, 0.25) is 5.91 Å². The quantitative estimate of drug-likeness (QED) is 0.890. The van der Waals surface area contributed by atoms with Crippen LogP contribution in [0.1, 0.15) is 34.8 Å². The number of aliphatic hydroxyl groups is 1. The predicted molar refractivity (Wildman–Crippen MR) is 83.6 cm³/mol. The van der Waals surface area contributed by atoms with E-state index in [-0.39, 0.29) is 5.91 Å². The molecular formula is C17H16ClNO2. The molecule has 1 atom stereocenters. The number of carbonyl (C=O) groups excluding carboxylic acids is 1. The number of halogens is 1. The zero-order valence-electron chi connectivity index (χ0n) is 11.7. The molecule has 0 aromatic heterocycles. The van der Waals surface area contributed by atoms with Crippen molar-refractivity contribution in [3.05, 3.63) is 63.7 Å². The molecule has 2 aromatic rings. The topological polar surface area (TPSA) is 49.3 Å². The van der Waals surface area contributed by atoms with E-state index in [0.717, 1.165) is 22.4 Å². The van der Waals surface area contributed by atoms with Gasteiger partial charge in [0.05, 0.1) is 0 Å². The maximum absolute atomic E-state index is 11.4. The zero-order valence-corrected chi connectivity index (χ0v) is 12.4. The van der Waals surface area contributed by atoms with Gasteiger partial charge in [0.1, 0.15) is 6.10 Å². The molecule has 108 valence electrons. The lowest BCUT2D eigenvalue weighted by Crippen LogP contribution is -2.19. The summed E-state index contributed by atoms with van der Waals surface area (Å²) in [7, 11) is 0. The first-order chi connectivity index (χ1) is 10.0. The van der Waals surface area contributed by atoms with Crippen molar-refractivity contribution in [1.29, 1.82) is 0 Å². The van der Waals surface area contributed by atoms with Gasteiger partial charge in [-0.15, -0.1) is 0 Å². The second-order valence-electron chi connectivity index (χ2n) is 5.39. The number of amides is 1. The SMILES string of the molecule is Cc1ccc(C(O)c2ccc3c(c2)CCC(=O)N3)c(Cl)c1. The summed E-state index contributed by atoms with van der Waals surface area (Å²) in [5.74, 6) is 0.0392. The molecule has 1 unspecified atom stereocenters. The minimum atomic E-state index is -0.763. The zero-order chi connectivity index (χ0) is 15.0. The van der Waals surface area contributed by atoms with Crippen LogP contribution in [0.15, 0.2) is 36.4 Å². The van der Waals surface area contributed by atoms with Gasteiger partial charge < -0.3 is 10.4 Å². The van der Waals surface area contributed by atoms with Crippen molar-refractivity contribution in [2.75, 3.05) is 5.32 Å². The molecule has 3 nitrogen and oxygen atoms in total. The highest BCUT2D eigenvalue weighted by Gasteiger charge is 2.19. The summed E-state index contributed by atoms with van der Waals surface area (Å²) >= 11 is 6.22. The summed E-state index contributed by atoms with van der Waals surface area (Å²) in [5.41, 5.74) is 4.42. The fourth-order valence-electron chi connectivity index (χ4n) is 2.61. The van der Waals surface area contributed by atoms with Gasteiger partial charge in [-0.25, -0.2) is 0 Å². The second kappa shape index (κ2) is 5.51. The Morgan fingerprint density at radius 3 is 2.76 bits per heavy atom. The predicted octanol–water partition coefficient (Wildman–Crippen LogP) is 3.61. The van der Waals surface area contributed by atoms with Gasteiger partial charge in [0.25, 0.3) is 0 Å². The Bertz CT molecular complexity index is 712. The van der Waals surface area contributed by atoms with E-state index in [0.29, 0.717) is 23.4 Å². The van der Waals surface area contributed by atoms with Gasteiger partial charge in [-0.3, -0.25) is 4.79 Å². The number of anilines is 1. The first-order valence-electron chi connectivity index (χ1n) is 6.91. The van der Waals surface area contributed by atoms with Crippen LogP contribution in [0.5, 0.6) is 0 Å². The summed E-state index contributed by atoms with van der Waals surface area (Å²) in [6.07, 6.45) is 0.419. The number of carbonyl (C=O) groups is 1. The van der Waals surface area contributed by atoms with Gasteiger partial charge in [-0.1, -0.05) is 35.9 Å². The average Bonchev–Trinajstić information content (AvgIpc) is 2.46. The molecule has 1 amide bonds. The van der Waals surface area contributed by atoms with E-state index in [9.17, 15) is 9.90 Å². The van der Waals surface area contributed by atoms with Gasteiger partial charge in [-0.05, 0) is 42.2 Å². The van der Waals surface area contributed by atoms with Crippen LogP contribution in [0.4, 0.5) is 5.69 Å². The molecule has 21 heavy (non-hydrogen) atoms. The summed E-state index contributed by atoms with van der Waals surface area (Å²) in [6, 6.07) is 11.2. The van der Waals surface area contributed by atoms with E-state index in [4.69, 9.17) is 11.6 Å². The van der Waals surface area contributed by atoms with Gasteiger partial charge >= 0.3 is 0 Å². The third kappa shape index (κ3) is 2.80. The minimum Gasteiger partial charge on any atom is -0.384 e. The third-order valence-electron chi connectivity index (χ3n) is 3.79. The molecule has 0 fully saturated rings. The Kier molecular flexibility index (Phi) is 3.70. The van der Waals surface area contributed by atoms with Crippen LogP contribution >= 0.6 is 11.6 Å². The highest BCUT2D eigenvalue weighted by Crippen LogP contribution is 2.32. The lowest BCUT2D eigenvalue weighted by atomic mass is 9.95. The maximum Gasteiger partial charge on any atom is 0.224 e. The largest absolute Gasteiger partial charge is 0.384 e. The standard InChI is InChI=1S/C17H16ClNO2/c1-10-2-5-13(14(18)8-10)17(21)12-3-6-15-11(9-12)4-7-16(20)19-15/h2-3,5-6,8-9,17,21H,4,7H2,1H3,(H,19,20). The van der Waals surface area contributed by atoms with Gasteiger partial charge in [0.15, 0.2) is 0 Å². The van der Waals surface area contributed by atoms with Gasteiger partial charge in [0, 0.05) is 22.7 Å². The van der Waals surface area contributed by atoms with Crippen molar-refractivity contribution in [3.63, 3.8) is 0 Å². The Labute approximate surface area is 128 Å². The van der Waals surface area contributed by atoms with Crippen molar-refractivity contribution in [2.24, 2.45) is 0 Å². The molecule has 0 bridgehead atoms. The second-order valence-corrected chi connectivity index (χ2v) is 5.80. The number of hydrogen-bond donors (Lipinski definition) is 2. The van der Waals surface area contributed by atoms with Crippen molar-refractivity contribution in [2.45, 2.75) is 25.9 Å². The average molecular weight is 302 g/mol. The maximum atomic E-state index is 11.4. The normalized spacial score (nSPS) is 15.3. The highest BCUT2D eigenvalue weighted by molar-refractivity contribution is 6.31. The van der Waals surface area contributed by atoms with Crippen molar-refractivity contribution in [3.8, 4) is 0 Å². The van der Waals surface area contributed by atoms with Crippen LogP contribution in [-0.4, -0.2) is 11.0 Å². The molecule has 2 N–H and O–H groups in total. The summed E-state index contributed by atoms with van der Waals surface area (Å²) in [4.78, 5) is 11.4. The number of nitrogens with one attached hydrogen (secondary N) is 1. The molecule has 0 aliphatic carbocycles. The fourth-order valence-corrected chi connectivity index (χ4v) is 2.95. The van der Waals surface area contributed by atoms with Crippen molar-refractivity contribution in [1.82, 2.24) is 0 Å². The Hall–Kier alpha value is -1.84. The molecule has 3 rings (SSSR count). The fraction of sp³-hybridized carbons (Fsp3) is 0.235. The number of rotatable bonds is 2. The number of fused-ring (bicyclic) bond motifs is 1. The number of aryl methyl sites for hydroxylation is 2. The molecule has 4 heteroatoms. The van der Waals surface area contributed by atoms with E-state index in [2.05, 4.69) is 5.32 Å². The van der Waals surface area contributed by atoms with Crippen molar-refractivity contribution < 1.29 is 9.90 Å². The number of hydrogen-bond acceptors (Lipinski definition) is 2. The van der Waals surface area contributed by atoms with E-state index in [1.807, 2.05) is 43.3 Å². The lowest BCUT2D eigenvalue weighted by Gasteiger charge is -2.20. The van der Waals surface area contributed by atoms with Crippen LogP contribution < -0.4 is 5.32 Å². The Morgan fingerprint density at radius 2 is 2.00 bits per heavy atom. The summed E-state index contributed by atoms with van der Waals surface area (Å²) in [5, 5.41) is 13.9. The minimum absolute atomic E-state index is 0.0392. The molecular weight excluding hydrogens is 286 g/mol. The molecule has 0 saturated heterocycles. The molecule has 1 aliphatic heterocycles. The third-order valence-corrected chi connectivity index (χ3v) is 4.12. The molecule has 0 spiro atoms. The molecule has 0 saturated carbocycles. The van der Waals surface area contributed by atoms with E-state index < -0.39 is 6.10 Å². The Balaban J connectivity index is 1.95. The summed E-state index contributed by atoms with van der Waals surface area (Å²) < 4.78 is 0. The highest BCUT2D eigenvalue weighted by atomic mass is 35.5. The lowest BCUT2D eigenvalue weighted by molar-refractivity contribution is -0.116. The molecule has 2 aromatic carbocycles. The van der Waals surface area contributed by atoms with E-state index in [1.165, 1.54) is 0 Å². The molecule has 0 radical (unpaired) electrons. The molecule has 1 heterocycles. The van der Waals surface area contributed by atoms with Crippen molar-refractivity contribution >= 4 is 23.2 Å². The number of aliphatic hydroxyl groups excluding tert-OH is 1. The van der Waals surface area contributed by atoms with Crippen LogP contribution in [0.3, 0.4) is 0 Å². The van der Waals surface area contributed by atoms with E-state index in [1.54, 1.807) is 0 Å². The smallest absolute Gasteiger partial charge is 0.224 e. The van der Waals surface area contributed by atoms with Crippen LogP contribution in [0.2, 0.25) is 5.02 Å². The molecule has 1 aliphatic rings. The van der Waals surface area contributed by atoms with Crippen LogP contribution in [0, 0.1) is 6.92 Å². The number of benzene rings is 2. The van der Waals surface area contributed by atoms with E-state index >= 15 is 0 Å². The monoisotopic (exact) mass is 301 g/mol. The van der Waals surface area contributed by atoms with Gasteiger partial charge in [-0.2, -0.15) is 0 Å².